The predicted octanol–water partition coefficient (Wildman–Crippen LogP) is 3.20. The lowest BCUT2D eigenvalue weighted by atomic mass is 10.2. The Morgan fingerprint density at radius 1 is 1.14 bits per heavy atom. The fourth-order valence-corrected chi connectivity index (χ4v) is 2.59. The van der Waals surface area contributed by atoms with Crippen LogP contribution >= 0.6 is 0 Å². The molecular formula is C20H20F2N4O3. The van der Waals surface area contributed by atoms with E-state index >= 15 is 0 Å². The molecule has 0 amide bonds. The minimum Gasteiger partial charge on any atom is -0.473 e. The summed E-state index contributed by atoms with van der Waals surface area (Å²) in [5.41, 5.74) is 0.481. The highest BCUT2D eigenvalue weighted by Gasteiger charge is 2.15. The van der Waals surface area contributed by atoms with Crippen LogP contribution in [0.1, 0.15) is 11.3 Å². The van der Waals surface area contributed by atoms with Crippen molar-refractivity contribution in [2.45, 2.75) is 13.5 Å². The first-order valence-corrected chi connectivity index (χ1v) is 8.71. The molecule has 0 unspecified atom stereocenters. The summed E-state index contributed by atoms with van der Waals surface area (Å²) in [4.78, 5) is 21.5. The van der Waals surface area contributed by atoms with E-state index in [9.17, 15) is 13.6 Å². The van der Waals surface area contributed by atoms with Crippen molar-refractivity contribution in [3.05, 3.63) is 69.9 Å². The number of pyridine rings is 1. The van der Waals surface area contributed by atoms with Crippen LogP contribution in [0.25, 0.3) is 0 Å². The Balaban J connectivity index is 1.77. The molecule has 9 heteroatoms. The van der Waals surface area contributed by atoms with E-state index in [-0.39, 0.29) is 23.8 Å². The highest BCUT2D eigenvalue weighted by atomic mass is 19.1. The van der Waals surface area contributed by atoms with Gasteiger partial charge in [-0.25, -0.2) is 13.6 Å². The third kappa shape index (κ3) is 4.68. The molecule has 3 aromatic rings. The molecule has 1 aromatic carbocycles. The topological polar surface area (TPSA) is 69.5 Å². The molecule has 0 aliphatic carbocycles. The number of hydrogen-bond donors (Lipinski definition) is 0. The number of nitrogens with zero attached hydrogens (tertiary/aromatic N) is 4. The standard InChI is InChI=1S/C20H20F2N4O3/c1-12-5-6-14(10-23-12)29-19-15(21)7-13(8-16(19)22)11-28-17-9-18(25(2)3)26(4)20(27)24-17/h5-10H,11H2,1-4H3. The summed E-state index contributed by atoms with van der Waals surface area (Å²) >= 11 is 0. The number of aryl methyl sites for hydroxylation is 1. The van der Waals surface area contributed by atoms with E-state index in [1.54, 1.807) is 51.2 Å². The second kappa shape index (κ2) is 8.26. The summed E-state index contributed by atoms with van der Waals surface area (Å²) in [5, 5.41) is 0. The van der Waals surface area contributed by atoms with Gasteiger partial charge in [-0.15, -0.1) is 0 Å². The molecule has 0 saturated carbocycles. The number of anilines is 1. The molecule has 0 aliphatic rings. The highest BCUT2D eigenvalue weighted by molar-refractivity contribution is 5.40. The molecule has 0 radical (unpaired) electrons. The Bertz CT molecular complexity index is 1060. The van der Waals surface area contributed by atoms with Gasteiger partial charge in [0.05, 0.1) is 6.20 Å². The lowest BCUT2D eigenvalue weighted by Crippen LogP contribution is -2.26. The van der Waals surface area contributed by atoms with Crippen molar-refractivity contribution in [2.24, 2.45) is 7.05 Å². The number of rotatable bonds is 6. The van der Waals surface area contributed by atoms with Crippen molar-refractivity contribution < 1.29 is 18.3 Å². The van der Waals surface area contributed by atoms with E-state index in [2.05, 4.69) is 9.97 Å². The van der Waals surface area contributed by atoms with Crippen molar-refractivity contribution >= 4 is 5.82 Å². The summed E-state index contributed by atoms with van der Waals surface area (Å²) in [6, 6.07) is 7.02. The number of hydrogen-bond acceptors (Lipinski definition) is 6. The van der Waals surface area contributed by atoms with Crippen LogP contribution in [0.5, 0.6) is 17.4 Å². The Morgan fingerprint density at radius 2 is 1.83 bits per heavy atom. The predicted molar refractivity (Wildman–Crippen MR) is 104 cm³/mol. The lowest BCUT2D eigenvalue weighted by Gasteiger charge is -2.17. The molecule has 0 spiro atoms. The summed E-state index contributed by atoms with van der Waals surface area (Å²) in [7, 11) is 5.12. The molecule has 0 bridgehead atoms. The number of ether oxygens (including phenoxy) is 2. The van der Waals surface area contributed by atoms with Crippen molar-refractivity contribution in [1.29, 1.82) is 0 Å². The van der Waals surface area contributed by atoms with Gasteiger partial charge in [-0.05, 0) is 36.8 Å². The van der Waals surface area contributed by atoms with Crippen LogP contribution in [0.3, 0.4) is 0 Å². The molecule has 152 valence electrons. The first-order valence-electron chi connectivity index (χ1n) is 8.71. The maximum atomic E-state index is 14.4. The maximum Gasteiger partial charge on any atom is 0.352 e. The van der Waals surface area contributed by atoms with Crippen molar-refractivity contribution in [2.75, 3.05) is 19.0 Å². The molecule has 0 saturated heterocycles. The molecule has 7 nitrogen and oxygen atoms in total. The van der Waals surface area contributed by atoms with E-state index in [0.717, 1.165) is 17.8 Å². The summed E-state index contributed by atoms with van der Waals surface area (Å²) in [6.07, 6.45) is 1.38. The van der Waals surface area contributed by atoms with Gasteiger partial charge in [0, 0.05) is 32.9 Å². The molecule has 0 atom stereocenters. The van der Waals surface area contributed by atoms with Gasteiger partial charge in [0.25, 0.3) is 0 Å². The fraction of sp³-hybridized carbons (Fsp3) is 0.250. The quantitative estimate of drug-likeness (QED) is 0.631. The van der Waals surface area contributed by atoms with Crippen LogP contribution in [0, 0.1) is 18.6 Å². The molecule has 0 aliphatic heterocycles. The van der Waals surface area contributed by atoms with E-state index in [1.165, 1.54) is 10.8 Å². The smallest absolute Gasteiger partial charge is 0.352 e. The van der Waals surface area contributed by atoms with Crippen LogP contribution in [-0.4, -0.2) is 28.6 Å². The molecule has 0 fully saturated rings. The summed E-state index contributed by atoms with van der Waals surface area (Å²) < 4.78 is 40.8. The third-order valence-electron chi connectivity index (χ3n) is 4.10. The Hall–Kier alpha value is -3.49. The van der Waals surface area contributed by atoms with E-state index in [0.29, 0.717) is 5.82 Å². The van der Waals surface area contributed by atoms with Crippen molar-refractivity contribution in [1.82, 2.24) is 14.5 Å². The summed E-state index contributed by atoms with van der Waals surface area (Å²) in [6.45, 7) is 1.62. The zero-order chi connectivity index (χ0) is 21.1. The van der Waals surface area contributed by atoms with Gasteiger partial charge < -0.3 is 14.4 Å². The SMILES string of the molecule is Cc1ccc(Oc2c(F)cc(COc3cc(N(C)C)n(C)c(=O)n3)cc2F)cn1. The van der Waals surface area contributed by atoms with Crippen molar-refractivity contribution in [3.63, 3.8) is 0 Å². The maximum absolute atomic E-state index is 14.4. The van der Waals surface area contributed by atoms with Crippen LogP contribution in [-0.2, 0) is 13.7 Å². The number of halogens is 2. The second-order valence-electron chi connectivity index (χ2n) is 6.60. The van der Waals surface area contributed by atoms with Gasteiger partial charge in [0.15, 0.2) is 17.4 Å². The second-order valence-corrected chi connectivity index (χ2v) is 6.60. The third-order valence-corrected chi connectivity index (χ3v) is 4.10. The largest absolute Gasteiger partial charge is 0.473 e. The Kier molecular flexibility index (Phi) is 5.76. The van der Waals surface area contributed by atoms with Gasteiger partial charge in [0.1, 0.15) is 18.2 Å². The van der Waals surface area contributed by atoms with Crippen LogP contribution in [0.15, 0.2) is 41.3 Å². The average Bonchev–Trinajstić information content (AvgIpc) is 2.66. The molecule has 3 rings (SSSR count). The normalized spacial score (nSPS) is 10.7. The molecule has 29 heavy (non-hydrogen) atoms. The van der Waals surface area contributed by atoms with Gasteiger partial charge in [-0.3, -0.25) is 9.55 Å². The summed E-state index contributed by atoms with van der Waals surface area (Å²) in [5.74, 6) is -1.43. The zero-order valence-corrected chi connectivity index (χ0v) is 16.4. The van der Waals surface area contributed by atoms with Crippen molar-refractivity contribution in [3.8, 4) is 17.4 Å². The first-order chi connectivity index (χ1) is 13.7. The highest BCUT2D eigenvalue weighted by Crippen LogP contribution is 2.29. The van der Waals surface area contributed by atoms with Crippen LogP contribution in [0.4, 0.5) is 14.6 Å². The van der Waals surface area contributed by atoms with Crippen LogP contribution < -0.4 is 20.1 Å². The number of benzene rings is 1. The lowest BCUT2D eigenvalue weighted by molar-refractivity contribution is 0.289. The van der Waals surface area contributed by atoms with Crippen LogP contribution in [0.2, 0.25) is 0 Å². The van der Waals surface area contributed by atoms with Gasteiger partial charge in [-0.2, -0.15) is 4.98 Å². The fourth-order valence-electron chi connectivity index (χ4n) is 2.59. The molecule has 2 aromatic heterocycles. The molecule has 0 N–H and O–H groups in total. The first kappa shape index (κ1) is 20.2. The molecule has 2 heterocycles. The monoisotopic (exact) mass is 402 g/mol. The average molecular weight is 402 g/mol. The van der Waals surface area contributed by atoms with Gasteiger partial charge in [-0.1, -0.05) is 0 Å². The molecular weight excluding hydrogens is 382 g/mol. The minimum absolute atomic E-state index is 0.0590. The Morgan fingerprint density at radius 3 is 2.41 bits per heavy atom. The van der Waals surface area contributed by atoms with E-state index in [4.69, 9.17) is 9.47 Å². The Labute approximate surface area is 166 Å². The zero-order valence-electron chi connectivity index (χ0n) is 16.4. The number of aromatic nitrogens is 3. The minimum atomic E-state index is -0.880. The van der Waals surface area contributed by atoms with Gasteiger partial charge >= 0.3 is 5.69 Å². The van der Waals surface area contributed by atoms with E-state index < -0.39 is 23.1 Å². The van der Waals surface area contributed by atoms with E-state index in [1.807, 2.05) is 0 Å². The van der Waals surface area contributed by atoms with Gasteiger partial charge in [0.2, 0.25) is 5.88 Å².